The number of benzene rings is 2. The minimum atomic E-state index is -3.65. The van der Waals surface area contributed by atoms with Gasteiger partial charge in [-0.15, -0.1) is 0 Å². The van der Waals surface area contributed by atoms with E-state index in [9.17, 15) is 13.2 Å². The normalized spacial score (nSPS) is 11.7. The van der Waals surface area contributed by atoms with Gasteiger partial charge in [0.2, 0.25) is 16.0 Å². The van der Waals surface area contributed by atoms with Gasteiger partial charge in [0.15, 0.2) is 0 Å². The molecule has 0 unspecified atom stereocenters. The topological polar surface area (TPSA) is 116 Å². The van der Waals surface area contributed by atoms with Gasteiger partial charge in [-0.05, 0) is 44.2 Å². The largest absolute Gasteiger partial charge is 0.496 e. The summed E-state index contributed by atoms with van der Waals surface area (Å²) in [6, 6.07) is 11.6. The van der Waals surface area contributed by atoms with Gasteiger partial charge >= 0.3 is 0 Å². The van der Waals surface area contributed by atoms with Gasteiger partial charge in [0.1, 0.15) is 5.75 Å². The van der Waals surface area contributed by atoms with E-state index in [1.54, 1.807) is 56.3 Å². The highest BCUT2D eigenvalue weighted by Crippen LogP contribution is 2.26. The fourth-order valence-electron chi connectivity index (χ4n) is 2.66. The lowest BCUT2D eigenvalue weighted by Gasteiger charge is -2.11. The van der Waals surface area contributed by atoms with Crippen molar-refractivity contribution in [3.05, 3.63) is 48.0 Å². The number of nitrogens with two attached hydrogens (primary N) is 1. The number of nitrogen functional groups attached to an aromatic ring is 1. The molecule has 9 heteroatoms. The van der Waals surface area contributed by atoms with Crippen LogP contribution in [0, 0.1) is 0 Å². The highest BCUT2D eigenvalue weighted by molar-refractivity contribution is 7.90. The predicted molar refractivity (Wildman–Crippen MR) is 105 cm³/mol. The van der Waals surface area contributed by atoms with Crippen molar-refractivity contribution < 1.29 is 17.9 Å². The van der Waals surface area contributed by atoms with E-state index >= 15 is 0 Å². The molecule has 0 aliphatic heterocycles. The van der Waals surface area contributed by atoms with E-state index in [2.05, 4.69) is 10.3 Å². The molecule has 0 saturated carbocycles. The van der Waals surface area contributed by atoms with Crippen LogP contribution >= 0.6 is 0 Å². The van der Waals surface area contributed by atoms with Gasteiger partial charge in [-0.2, -0.15) is 0 Å². The lowest BCUT2D eigenvalue weighted by Crippen LogP contribution is -2.23. The quantitative estimate of drug-likeness (QED) is 0.693. The number of fused-ring (bicyclic) bond motifs is 1. The number of ether oxygens (including phenoxy) is 1. The number of anilines is 2. The lowest BCUT2D eigenvalue weighted by atomic mass is 10.2. The summed E-state index contributed by atoms with van der Waals surface area (Å²) in [5.41, 5.74) is 7.40. The van der Waals surface area contributed by atoms with Gasteiger partial charge < -0.3 is 15.8 Å². The van der Waals surface area contributed by atoms with Gasteiger partial charge in [0.05, 0.1) is 29.0 Å². The Kier molecular flexibility index (Phi) is 4.79. The molecule has 1 heterocycles. The van der Waals surface area contributed by atoms with E-state index in [0.29, 0.717) is 28.0 Å². The van der Waals surface area contributed by atoms with Crippen LogP contribution in [0.5, 0.6) is 5.75 Å². The molecule has 2 aromatic carbocycles. The molecule has 27 heavy (non-hydrogen) atoms. The summed E-state index contributed by atoms with van der Waals surface area (Å²) in [6.07, 6.45) is 0. The predicted octanol–water partition coefficient (Wildman–Crippen LogP) is 2.47. The van der Waals surface area contributed by atoms with E-state index in [1.807, 2.05) is 0 Å². The summed E-state index contributed by atoms with van der Waals surface area (Å²) in [6.45, 7) is 3.14. The number of hydrogen-bond acceptors (Lipinski definition) is 6. The first-order chi connectivity index (χ1) is 12.8. The van der Waals surface area contributed by atoms with E-state index < -0.39 is 15.3 Å². The van der Waals surface area contributed by atoms with E-state index in [0.717, 1.165) is 3.97 Å². The molecule has 142 valence electrons. The zero-order valence-electron chi connectivity index (χ0n) is 15.1. The Morgan fingerprint density at radius 2 is 1.93 bits per heavy atom. The third-order valence-corrected chi connectivity index (χ3v) is 6.18. The van der Waals surface area contributed by atoms with Crippen LogP contribution in [0.4, 0.5) is 11.6 Å². The van der Waals surface area contributed by atoms with Crippen molar-refractivity contribution in [2.45, 2.75) is 19.1 Å². The van der Waals surface area contributed by atoms with Crippen molar-refractivity contribution in [1.29, 1.82) is 0 Å². The van der Waals surface area contributed by atoms with Crippen molar-refractivity contribution >= 4 is 38.6 Å². The summed E-state index contributed by atoms with van der Waals surface area (Å²) < 4.78 is 31.2. The number of nitrogens with one attached hydrogen (secondary N) is 1. The molecule has 1 amide bonds. The number of carbonyl (C=O) groups excluding carboxylic acids is 1. The molecule has 3 rings (SSSR count). The Bertz CT molecular complexity index is 1120. The molecule has 1 aromatic heterocycles. The Hall–Kier alpha value is -3.07. The number of hydrogen-bond donors (Lipinski definition) is 2. The molecule has 0 atom stereocenters. The average Bonchev–Trinajstić information content (AvgIpc) is 2.97. The number of amides is 1. The van der Waals surface area contributed by atoms with E-state index in [-0.39, 0.29) is 11.9 Å². The molecule has 0 saturated heterocycles. The molecule has 8 nitrogen and oxygen atoms in total. The number of aromatic nitrogens is 2. The van der Waals surface area contributed by atoms with Gasteiger partial charge in [0, 0.05) is 5.69 Å². The van der Waals surface area contributed by atoms with Crippen LogP contribution in [-0.4, -0.2) is 35.6 Å². The molecular formula is C18H20N4O4S. The number of methoxy groups -OCH3 is 1. The Morgan fingerprint density at radius 1 is 1.22 bits per heavy atom. The van der Waals surface area contributed by atoms with E-state index in [1.165, 1.54) is 7.11 Å². The third kappa shape index (κ3) is 3.33. The SMILES string of the molecule is COc1ccccc1C(=O)Nc1ccc2c(c1)nc(N)n2S(=O)(=O)C(C)C. The number of nitrogens with zero attached hydrogens (tertiary/aromatic N) is 2. The minimum Gasteiger partial charge on any atom is -0.496 e. The highest BCUT2D eigenvalue weighted by atomic mass is 32.2. The van der Waals surface area contributed by atoms with Crippen molar-refractivity contribution in [3.63, 3.8) is 0 Å². The Balaban J connectivity index is 1.98. The maximum Gasteiger partial charge on any atom is 0.259 e. The molecule has 0 fully saturated rings. The van der Waals surface area contributed by atoms with Crippen molar-refractivity contribution in [3.8, 4) is 5.75 Å². The maximum absolute atomic E-state index is 12.5. The molecule has 0 aliphatic rings. The second kappa shape index (κ2) is 6.92. The minimum absolute atomic E-state index is 0.119. The summed E-state index contributed by atoms with van der Waals surface area (Å²) in [5, 5.41) is 2.11. The number of rotatable bonds is 5. The molecule has 3 aromatic rings. The van der Waals surface area contributed by atoms with Crippen molar-refractivity contribution in [2.75, 3.05) is 18.2 Å². The van der Waals surface area contributed by atoms with Crippen LogP contribution in [0.2, 0.25) is 0 Å². The highest BCUT2D eigenvalue weighted by Gasteiger charge is 2.24. The summed E-state index contributed by atoms with van der Waals surface area (Å²) in [5.74, 6) is -0.0199. The van der Waals surface area contributed by atoms with Gasteiger partial charge in [-0.3, -0.25) is 4.79 Å². The van der Waals surface area contributed by atoms with Crippen LogP contribution in [0.25, 0.3) is 11.0 Å². The fourth-order valence-corrected chi connectivity index (χ4v) is 3.82. The van der Waals surface area contributed by atoms with Gasteiger partial charge in [0.25, 0.3) is 5.91 Å². The number of carbonyl (C=O) groups is 1. The van der Waals surface area contributed by atoms with E-state index in [4.69, 9.17) is 10.5 Å². The Labute approximate surface area is 157 Å². The second-order valence-electron chi connectivity index (χ2n) is 6.19. The molecule has 0 aliphatic carbocycles. The first-order valence-corrected chi connectivity index (χ1v) is 9.72. The molecular weight excluding hydrogens is 368 g/mol. The number of imidazole rings is 1. The van der Waals surface area contributed by atoms with Crippen LogP contribution < -0.4 is 15.8 Å². The lowest BCUT2D eigenvalue weighted by molar-refractivity contribution is 0.102. The molecule has 3 N–H and O–H groups in total. The zero-order valence-corrected chi connectivity index (χ0v) is 15.9. The average molecular weight is 388 g/mol. The van der Waals surface area contributed by atoms with Crippen molar-refractivity contribution in [2.24, 2.45) is 0 Å². The summed E-state index contributed by atoms with van der Waals surface area (Å²) >= 11 is 0. The monoisotopic (exact) mass is 388 g/mol. The standard InChI is InChI=1S/C18H20N4O4S/c1-11(2)27(24,25)22-15-9-8-12(10-14(15)21-18(22)19)20-17(23)13-6-4-5-7-16(13)26-3/h4-11H,1-3H3,(H2,19,21)(H,20,23). The first kappa shape index (κ1) is 18.7. The number of para-hydroxylation sites is 1. The zero-order chi connectivity index (χ0) is 19.8. The second-order valence-corrected chi connectivity index (χ2v) is 8.52. The van der Waals surface area contributed by atoms with Crippen LogP contribution in [0.1, 0.15) is 24.2 Å². The summed E-state index contributed by atoms with van der Waals surface area (Å²) in [4.78, 5) is 16.6. The fraction of sp³-hybridized carbons (Fsp3) is 0.222. The smallest absolute Gasteiger partial charge is 0.259 e. The van der Waals surface area contributed by atoms with Crippen LogP contribution in [0.15, 0.2) is 42.5 Å². The first-order valence-electron chi connectivity index (χ1n) is 8.22. The third-order valence-electron chi connectivity index (χ3n) is 4.10. The summed E-state index contributed by atoms with van der Waals surface area (Å²) in [7, 11) is -2.16. The van der Waals surface area contributed by atoms with Crippen molar-refractivity contribution in [1.82, 2.24) is 8.96 Å². The molecule has 0 radical (unpaired) electrons. The van der Waals surface area contributed by atoms with Gasteiger partial charge in [-0.25, -0.2) is 17.4 Å². The molecule has 0 bridgehead atoms. The molecule has 0 spiro atoms. The Morgan fingerprint density at radius 3 is 2.59 bits per heavy atom. The maximum atomic E-state index is 12.5. The van der Waals surface area contributed by atoms with Gasteiger partial charge in [-0.1, -0.05) is 12.1 Å². The van der Waals surface area contributed by atoms with Crippen LogP contribution in [0.3, 0.4) is 0 Å². The van der Waals surface area contributed by atoms with Crippen LogP contribution in [-0.2, 0) is 10.0 Å².